The first-order valence-electron chi connectivity index (χ1n) is 6.08. The van der Waals surface area contributed by atoms with E-state index in [9.17, 15) is 38.5 Å². The molecule has 0 unspecified atom stereocenters. The van der Waals surface area contributed by atoms with Crippen LogP contribution < -0.4 is 4.90 Å². The van der Waals surface area contributed by atoms with Crippen molar-refractivity contribution in [1.29, 1.82) is 0 Å². The number of nitrogens with zero attached hydrogens (tertiary/aromatic N) is 3. The number of nitro benzene ring substituents is 2. The van der Waals surface area contributed by atoms with Gasteiger partial charge in [-0.1, -0.05) is 0 Å². The number of nitro groups is 2. The van der Waals surface area contributed by atoms with Crippen LogP contribution in [0.25, 0.3) is 0 Å². The van der Waals surface area contributed by atoms with Gasteiger partial charge in [-0.3, -0.25) is 20.2 Å². The van der Waals surface area contributed by atoms with Gasteiger partial charge < -0.3 is 10.0 Å². The molecular weight excluding hydrogens is 311 g/mol. The zero-order chi connectivity index (χ0) is 16.7. The number of aliphatic hydroxyl groups is 1. The van der Waals surface area contributed by atoms with Gasteiger partial charge in [-0.15, -0.1) is 0 Å². The van der Waals surface area contributed by atoms with Gasteiger partial charge >= 0.3 is 6.18 Å². The van der Waals surface area contributed by atoms with E-state index >= 15 is 0 Å². The van der Waals surface area contributed by atoms with Gasteiger partial charge in [-0.2, -0.15) is 13.2 Å². The van der Waals surface area contributed by atoms with Crippen molar-refractivity contribution in [2.75, 3.05) is 18.0 Å². The molecule has 120 valence electrons. The molecule has 0 radical (unpaired) electrons. The molecule has 22 heavy (non-hydrogen) atoms. The van der Waals surface area contributed by atoms with Crippen molar-refractivity contribution in [1.82, 2.24) is 0 Å². The number of halogens is 3. The molecule has 0 aromatic heterocycles. The van der Waals surface area contributed by atoms with E-state index in [2.05, 4.69) is 0 Å². The highest BCUT2D eigenvalue weighted by Crippen LogP contribution is 2.43. The summed E-state index contributed by atoms with van der Waals surface area (Å²) in [6, 6.07) is 0.542. The molecule has 1 aliphatic rings. The minimum atomic E-state index is -4.95. The second kappa shape index (κ2) is 5.40. The summed E-state index contributed by atoms with van der Waals surface area (Å²) >= 11 is 0. The zero-order valence-corrected chi connectivity index (χ0v) is 10.9. The van der Waals surface area contributed by atoms with Crippen molar-refractivity contribution in [3.05, 3.63) is 37.9 Å². The summed E-state index contributed by atoms with van der Waals surface area (Å²) in [5, 5.41) is 31.5. The van der Waals surface area contributed by atoms with E-state index in [0.717, 1.165) is 4.90 Å². The predicted octanol–water partition coefficient (Wildman–Crippen LogP) is 2.09. The third-order valence-corrected chi connectivity index (χ3v) is 3.27. The number of β-amino-alcohol motifs (C(OH)–C–C–N with tert-alkyl or cyclic N) is 1. The number of benzene rings is 1. The van der Waals surface area contributed by atoms with Gasteiger partial charge in [0, 0.05) is 25.2 Å². The molecule has 11 heteroatoms. The molecule has 1 aromatic rings. The molecule has 0 bridgehead atoms. The third kappa shape index (κ3) is 2.93. The minimum Gasteiger partial charge on any atom is -0.391 e. The van der Waals surface area contributed by atoms with Crippen LogP contribution in [0.5, 0.6) is 0 Å². The van der Waals surface area contributed by atoms with E-state index in [-0.39, 0.29) is 31.6 Å². The molecule has 0 spiro atoms. The maximum Gasteiger partial charge on any atom is 0.416 e. The molecule has 1 aliphatic heterocycles. The predicted molar refractivity (Wildman–Crippen MR) is 67.6 cm³/mol. The van der Waals surface area contributed by atoms with Crippen molar-refractivity contribution in [2.45, 2.75) is 18.7 Å². The van der Waals surface area contributed by atoms with Gasteiger partial charge in [0.1, 0.15) is 0 Å². The van der Waals surface area contributed by atoms with Gasteiger partial charge in [0.2, 0.25) is 0 Å². The Morgan fingerprint density at radius 3 is 2.00 bits per heavy atom. The highest BCUT2D eigenvalue weighted by atomic mass is 19.4. The number of alkyl halides is 3. The van der Waals surface area contributed by atoms with Crippen molar-refractivity contribution >= 4 is 17.1 Å². The number of hydrogen-bond acceptors (Lipinski definition) is 6. The first kappa shape index (κ1) is 15.9. The first-order chi connectivity index (χ1) is 10.1. The Labute approximate surface area is 121 Å². The molecule has 1 atom stereocenters. The number of aliphatic hydroxyl groups excluding tert-OH is 1. The van der Waals surface area contributed by atoms with Crippen molar-refractivity contribution in [2.24, 2.45) is 0 Å². The van der Waals surface area contributed by atoms with Gasteiger partial charge in [0.25, 0.3) is 11.4 Å². The van der Waals surface area contributed by atoms with Crippen molar-refractivity contribution in [3.63, 3.8) is 0 Å². The molecule has 0 aliphatic carbocycles. The van der Waals surface area contributed by atoms with Gasteiger partial charge in [-0.25, -0.2) is 0 Å². The first-order valence-corrected chi connectivity index (χ1v) is 6.08. The highest BCUT2D eigenvalue weighted by molar-refractivity contribution is 5.76. The number of hydrogen-bond donors (Lipinski definition) is 1. The summed E-state index contributed by atoms with van der Waals surface area (Å²) in [5.41, 5.74) is -3.99. The van der Waals surface area contributed by atoms with Crippen LogP contribution in [0.3, 0.4) is 0 Å². The molecule has 1 aromatic carbocycles. The largest absolute Gasteiger partial charge is 0.416 e. The topological polar surface area (TPSA) is 110 Å². The van der Waals surface area contributed by atoms with Crippen LogP contribution in [0.1, 0.15) is 12.0 Å². The lowest BCUT2D eigenvalue weighted by Crippen LogP contribution is -2.23. The Kier molecular flexibility index (Phi) is 3.92. The third-order valence-electron chi connectivity index (χ3n) is 3.27. The van der Waals surface area contributed by atoms with Crippen LogP contribution >= 0.6 is 0 Å². The van der Waals surface area contributed by atoms with Crippen LogP contribution in [-0.2, 0) is 6.18 Å². The number of anilines is 1. The Morgan fingerprint density at radius 2 is 1.68 bits per heavy atom. The molecule has 1 N–H and O–H groups in total. The van der Waals surface area contributed by atoms with Gasteiger partial charge in [0.05, 0.1) is 21.5 Å². The normalized spacial score (nSPS) is 18.5. The maximum atomic E-state index is 12.7. The average Bonchev–Trinajstić information content (AvgIpc) is 2.82. The fraction of sp³-hybridized carbons (Fsp3) is 0.455. The van der Waals surface area contributed by atoms with Crippen LogP contribution in [0, 0.1) is 20.2 Å². The molecule has 2 rings (SSSR count). The smallest absolute Gasteiger partial charge is 0.391 e. The maximum absolute atomic E-state index is 12.7. The fourth-order valence-electron chi connectivity index (χ4n) is 2.32. The van der Waals surface area contributed by atoms with Gasteiger partial charge in [-0.05, 0) is 6.42 Å². The second-order valence-corrected chi connectivity index (χ2v) is 4.76. The fourth-order valence-corrected chi connectivity index (χ4v) is 2.32. The SMILES string of the molecule is O=[N+]([O-])c1cc(C(F)(F)F)cc([N+](=O)[O-])c1N1CC[C@@H](O)C1. The van der Waals surface area contributed by atoms with Crippen molar-refractivity contribution < 1.29 is 28.1 Å². The molecule has 0 amide bonds. The van der Waals surface area contributed by atoms with Crippen LogP contribution in [0.4, 0.5) is 30.2 Å². The number of rotatable bonds is 3. The Morgan fingerprint density at radius 1 is 1.18 bits per heavy atom. The van der Waals surface area contributed by atoms with E-state index in [1.54, 1.807) is 0 Å². The summed E-state index contributed by atoms with van der Waals surface area (Å²) in [7, 11) is 0. The zero-order valence-electron chi connectivity index (χ0n) is 10.9. The van der Waals surface area contributed by atoms with Crippen molar-refractivity contribution in [3.8, 4) is 0 Å². The lowest BCUT2D eigenvalue weighted by molar-refractivity contribution is -0.393. The Hall–Kier alpha value is -2.43. The molecule has 0 saturated carbocycles. The summed E-state index contributed by atoms with van der Waals surface area (Å²) in [4.78, 5) is 21.0. The Balaban J connectivity index is 2.69. The highest BCUT2D eigenvalue weighted by Gasteiger charge is 2.40. The van der Waals surface area contributed by atoms with E-state index in [4.69, 9.17) is 0 Å². The molecule has 1 fully saturated rings. The average molecular weight is 321 g/mol. The quantitative estimate of drug-likeness (QED) is 0.674. The Bertz CT molecular complexity index is 599. The summed E-state index contributed by atoms with van der Waals surface area (Å²) in [6.45, 7) is -0.0404. The summed E-state index contributed by atoms with van der Waals surface area (Å²) in [6.07, 6.45) is -5.57. The van der Waals surface area contributed by atoms with E-state index in [0.29, 0.717) is 0 Å². The lowest BCUT2D eigenvalue weighted by atomic mass is 10.1. The van der Waals surface area contributed by atoms with E-state index in [1.807, 2.05) is 0 Å². The van der Waals surface area contributed by atoms with Crippen LogP contribution in [-0.4, -0.2) is 34.1 Å². The summed E-state index contributed by atoms with van der Waals surface area (Å²) in [5.74, 6) is 0. The molecule has 1 heterocycles. The van der Waals surface area contributed by atoms with E-state index in [1.165, 1.54) is 0 Å². The minimum absolute atomic E-state index is 0.0776. The molecule has 1 saturated heterocycles. The standard InChI is InChI=1S/C11H10F3N3O5/c12-11(13,14)6-3-8(16(19)20)10(9(4-6)17(21)22)15-2-1-7(18)5-15/h3-4,7,18H,1-2,5H2/t7-/m1/s1. The lowest BCUT2D eigenvalue weighted by Gasteiger charge is -2.18. The van der Waals surface area contributed by atoms with Crippen LogP contribution in [0.2, 0.25) is 0 Å². The van der Waals surface area contributed by atoms with Gasteiger partial charge in [0.15, 0.2) is 5.69 Å². The monoisotopic (exact) mass is 321 g/mol. The van der Waals surface area contributed by atoms with Crippen LogP contribution in [0.15, 0.2) is 12.1 Å². The van der Waals surface area contributed by atoms with E-state index < -0.39 is 44.8 Å². The molecule has 8 nitrogen and oxygen atoms in total. The molecular formula is C11H10F3N3O5. The second-order valence-electron chi connectivity index (χ2n) is 4.76. The summed E-state index contributed by atoms with van der Waals surface area (Å²) < 4.78 is 38.2.